The summed E-state index contributed by atoms with van der Waals surface area (Å²) in [6.45, 7) is 4.64. The monoisotopic (exact) mass is 310 g/mol. The molecular formula is C13H15F5N2O. The molecule has 8 heteroatoms. The molecule has 0 aromatic heterocycles. The van der Waals surface area contributed by atoms with Crippen LogP contribution in [0.15, 0.2) is 0 Å². The maximum atomic E-state index is 13.3. The second-order valence-electron chi connectivity index (χ2n) is 5.08. The average molecular weight is 310 g/mol. The van der Waals surface area contributed by atoms with Crippen molar-refractivity contribution in [3.8, 4) is 0 Å². The Hall–Kier alpha value is -1.86. The van der Waals surface area contributed by atoms with Crippen LogP contribution < -0.4 is 10.6 Å². The number of hydrogen-bond donors (Lipinski definition) is 2. The lowest BCUT2D eigenvalue weighted by Crippen LogP contribution is -2.45. The van der Waals surface area contributed by atoms with E-state index in [1.165, 1.54) is 0 Å². The number of amides is 1. The van der Waals surface area contributed by atoms with Gasteiger partial charge in [-0.2, -0.15) is 0 Å². The minimum absolute atomic E-state index is 0.546. The SMILES string of the molecule is CCC(C)(C)NC(=O)CNc1c(F)c(F)c(F)c(F)c1F. The molecule has 0 saturated heterocycles. The van der Waals surface area contributed by atoms with Gasteiger partial charge in [-0.1, -0.05) is 6.92 Å². The zero-order valence-electron chi connectivity index (χ0n) is 11.7. The molecule has 0 saturated carbocycles. The van der Waals surface area contributed by atoms with Gasteiger partial charge in [0.25, 0.3) is 0 Å². The molecule has 1 rings (SSSR count). The van der Waals surface area contributed by atoms with Crippen molar-refractivity contribution in [1.29, 1.82) is 0 Å². The summed E-state index contributed by atoms with van der Waals surface area (Å²) in [5.41, 5.74) is -1.77. The lowest BCUT2D eigenvalue weighted by molar-refractivity contribution is -0.121. The van der Waals surface area contributed by atoms with Crippen LogP contribution >= 0.6 is 0 Å². The Balaban J connectivity index is 2.88. The third-order valence-corrected chi connectivity index (χ3v) is 3.00. The van der Waals surface area contributed by atoms with Crippen molar-refractivity contribution in [2.45, 2.75) is 32.7 Å². The summed E-state index contributed by atoms with van der Waals surface area (Å²) in [6.07, 6.45) is 0.598. The van der Waals surface area contributed by atoms with Crippen LogP contribution in [-0.2, 0) is 4.79 Å². The largest absolute Gasteiger partial charge is 0.371 e. The molecule has 0 spiro atoms. The lowest BCUT2D eigenvalue weighted by Gasteiger charge is -2.24. The maximum Gasteiger partial charge on any atom is 0.239 e. The molecule has 0 heterocycles. The molecule has 21 heavy (non-hydrogen) atoms. The Morgan fingerprint density at radius 2 is 1.38 bits per heavy atom. The molecule has 3 nitrogen and oxygen atoms in total. The fraction of sp³-hybridized carbons (Fsp3) is 0.462. The van der Waals surface area contributed by atoms with Gasteiger partial charge in [0.1, 0.15) is 5.69 Å². The molecule has 1 aromatic carbocycles. The summed E-state index contributed by atoms with van der Waals surface area (Å²) in [5.74, 6) is -11.0. The van der Waals surface area contributed by atoms with Crippen LogP contribution in [0.25, 0.3) is 0 Å². The van der Waals surface area contributed by atoms with Gasteiger partial charge in [0.2, 0.25) is 11.7 Å². The molecule has 0 radical (unpaired) electrons. The third kappa shape index (κ3) is 3.83. The van der Waals surface area contributed by atoms with Gasteiger partial charge in [-0.3, -0.25) is 4.79 Å². The molecule has 0 bridgehead atoms. The maximum absolute atomic E-state index is 13.3. The predicted molar refractivity (Wildman–Crippen MR) is 67.2 cm³/mol. The molecule has 0 aliphatic heterocycles. The third-order valence-electron chi connectivity index (χ3n) is 3.00. The van der Waals surface area contributed by atoms with Gasteiger partial charge in [0, 0.05) is 5.54 Å². The van der Waals surface area contributed by atoms with E-state index in [2.05, 4.69) is 5.32 Å². The normalized spacial score (nSPS) is 11.4. The van der Waals surface area contributed by atoms with E-state index >= 15 is 0 Å². The van der Waals surface area contributed by atoms with E-state index in [0.29, 0.717) is 6.42 Å². The highest BCUT2D eigenvalue weighted by molar-refractivity contribution is 5.81. The minimum Gasteiger partial charge on any atom is -0.371 e. The predicted octanol–water partition coefficient (Wildman–Crippen LogP) is 3.10. The van der Waals surface area contributed by atoms with E-state index in [0.717, 1.165) is 0 Å². The smallest absolute Gasteiger partial charge is 0.239 e. The molecule has 0 unspecified atom stereocenters. The molecule has 0 fully saturated rings. The van der Waals surface area contributed by atoms with Crippen LogP contribution in [0, 0.1) is 29.1 Å². The van der Waals surface area contributed by atoms with Crippen molar-refractivity contribution < 1.29 is 26.7 Å². The van der Waals surface area contributed by atoms with Crippen molar-refractivity contribution in [1.82, 2.24) is 5.32 Å². The van der Waals surface area contributed by atoms with E-state index in [1.807, 2.05) is 12.2 Å². The van der Waals surface area contributed by atoms with Crippen molar-refractivity contribution in [3.63, 3.8) is 0 Å². The Kier molecular flexibility index (Phi) is 5.14. The van der Waals surface area contributed by atoms with E-state index in [1.54, 1.807) is 13.8 Å². The van der Waals surface area contributed by atoms with Gasteiger partial charge in [0.15, 0.2) is 23.3 Å². The standard InChI is InChI=1S/C13H15F5N2O/c1-4-13(2,3)20-6(21)5-19-12-10(17)8(15)7(14)9(16)11(12)18/h19H,4-5H2,1-3H3,(H,20,21). The van der Waals surface area contributed by atoms with Gasteiger partial charge in [-0.05, 0) is 20.3 Å². The first kappa shape index (κ1) is 17.2. The first-order valence-electron chi connectivity index (χ1n) is 6.17. The van der Waals surface area contributed by atoms with E-state index in [9.17, 15) is 26.7 Å². The Bertz CT molecular complexity index is 531. The molecular weight excluding hydrogens is 295 g/mol. The summed E-state index contributed by atoms with van der Waals surface area (Å²) >= 11 is 0. The number of anilines is 1. The second-order valence-corrected chi connectivity index (χ2v) is 5.08. The van der Waals surface area contributed by atoms with Gasteiger partial charge in [-0.25, -0.2) is 22.0 Å². The molecule has 0 atom stereocenters. The highest BCUT2D eigenvalue weighted by atomic mass is 19.2. The fourth-order valence-corrected chi connectivity index (χ4v) is 1.44. The number of nitrogens with one attached hydrogen (secondary N) is 2. The zero-order valence-corrected chi connectivity index (χ0v) is 11.7. The molecule has 0 aliphatic carbocycles. The van der Waals surface area contributed by atoms with E-state index in [-0.39, 0.29) is 0 Å². The summed E-state index contributed by atoms with van der Waals surface area (Å²) in [7, 11) is 0. The number of carbonyl (C=O) groups is 1. The zero-order chi connectivity index (χ0) is 16.4. The van der Waals surface area contributed by atoms with Crippen LogP contribution in [0.3, 0.4) is 0 Å². The fourth-order valence-electron chi connectivity index (χ4n) is 1.44. The van der Waals surface area contributed by atoms with E-state index < -0.39 is 52.8 Å². The van der Waals surface area contributed by atoms with Gasteiger partial charge < -0.3 is 10.6 Å². The van der Waals surface area contributed by atoms with Crippen molar-refractivity contribution in [3.05, 3.63) is 29.1 Å². The number of benzene rings is 1. The van der Waals surface area contributed by atoms with Crippen LogP contribution in [0.1, 0.15) is 27.2 Å². The average Bonchev–Trinajstić information content (AvgIpc) is 2.42. The Labute approximate surface area is 118 Å². The molecule has 118 valence electrons. The summed E-state index contributed by atoms with van der Waals surface area (Å²) in [6, 6.07) is 0. The van der Waals surface area contributed by atoms with Crippen LogP contribution in [0.5, 0.6) is 0 Å². The summed E-state index contributed by atoms with van der Waals surface area (Å²) in [5, 5.41) is 4.48. The summed E-state index contributed by atoms with van der Waals surface area (Å²) in [4.78, 5) is 11.6. The van der Waals surface area contributed by atoms with Gasteiger partial charge >= 0.3 is 0 Å². The Morgan fingerprint density at radius 1 is 0.952 bits per heavy atom. The van der Waals surface area contributed by atoms with Crippen LogP contribution in [0.2, 0.25) is 0 Å². The van der Waals surface area contributed by atoms with Gasteiger partial charge in [0.05, 0.1) is 6.54 Å². The second kappa shape index (κ2) is 6.28. The topological polar surface area (TPSA) is 41.1 Å². The van der Waals surface area contributed by atoms with E-state index in [4.69, 9.17) is 0 Å². The first-order chi connectivity index (χ1) is 9.60. The molecule has 1 amide bonds. The van der Waals surface area contributed by atoms with Crippen LogP contribution in [-0.4, -0.2) is 18.0 Å². The first-order valence-corrected chi connectivity index (χ1v) is 6.17. The van der Waals surface area contributed by atoms with Crippen molar-refractivity contribution in [2.75, 3.05) is 11.9 Å². The number of halogens is 5. The highest BCUT2D eigenvalue weighted by Crippen LogP contribution is 2.26. The quantitative estimate of drug-likeness (QED) is 0.498. The van der Waals surface area contributed by atoms with Gasteiger partial charge in [-0.15, -0.1) is 0 Å². The number of hydrogen-bond acceptors (Lipinski definition) is 2. The molecule has 2 N–H and O–H groups in total. The minimum atomic E-state index is -2.24. The Morgan fingerprint density at radius 3 is 1.81 bits per heavy atom. The van der Waals surface area contributed by atoms with Crippen molar-refractivity contribution >= 4 is 11.6 Å². The number of carbonyl (C=O) groups excluding carboxylic acids is 1. The lowest BCUT2D eigenvalue weighted by atomic mass is 10.0. The summed E-state index contributed by atoms with van der Waals surface area (Å²) < 4.78 is 65.4. The highest BCUT2D eigenvalue weighted by Gasteiger charge is 2.26. The van der Waals surface area contributed by atoms with Crippen LogP contribution in [0.4, 0.5) is 27.6 Å². The molecule has 1 aromatic rings. The molecule has 0 aliphatic rings. The number of rotatable bonds is 5. The van der Waals surface area contributed by atoms with Crippen molar-refractivity contribution in [2.24, 2.45) is 0 Å².